The number of hydrogen-bond donors (Lipinski definition) is 2. The first-order valence-corrected chi connectivity index (χ1v) is 9.73. The van der Waals surface area contributed by atoms with Crippen molar-refractivity contribution in [1.82, 2.24) is 0 Å². The molecule has 0 amide bonds. The highest BCUT2D eigenvalue weighted by Crippen LogP contribution is 2.22. The van der Waals surface area contributed by atoms with Gasteiger partial charge in [-0.3, -0.25) is 4.55 Å². The molecule has 0 heterocycles. The second kappa shape index (κ2) is 9.56. The Kier molecular flexibility index (Phi) is 8.08. The molecule has 0 bridgehead atoms. The smallest absolute Gasteiger partial charge is 0.294 e. The summed E-state index contributed by atoms with van der Waals surface area (Å²) in [6.45, 7) is 8.92. The molecule has 0 saturated heterocycles. The fraction of sp³-hybridized carbons (Fsp3) is 0.368. The van der Waals surface area contributed by atoms with Gasteiger partial charge in [0.25, 0.3) is 10.1 Å². The van der Waals surface area contributed by atoms with E-state index in [2.05, 4.69) is 17.9 Å². The molecule has 0 aliphatic heterocycles. The number of benzene rings is 2. The molecular formula is C19H28N2O4S. The predicted molar refractivity (Wildman–Crippen MR) is 106 cm³/mol. The van der Waals surface area contributed by atoms with Crippen LogP contribution in [0.25, 0.3) is 0 Å². The highest BCUT2D eigenvalue weighted by molar-refractivity contribution is 7.85. The molecule has 1 unspecified atom stereocenters. The maximum Gasteiger partial charge on any atom is 0.294 e. The molecule has 0 fully saturated rings. The number of hydrogen-bond acceptors (Lipinski definition) is 5. The molecule has 0 aliphatic carbocycles. The van der Waals surface area contributed by atoms with E-state index in [-0.39, 0.29) is 11.1 Å². The number of nitrogen functional groups attached to an aromatic ring is 1. The van der Waals surface area contributed by atoms with Crippen LogP contribution in [0.1, 0.15) is 25.0 Å². The first kappa shape index (κ1) is 22.0. The second-order valence-electron chi connectivity index (χ2n) is 5.95. The van der Waals surface area contributed by atoms with E-state index in [9.17, 15) is 8.42 Å². The fourth-order valence-corrected chi connectivity index (χ4v) is 2.81. The third kappa shape index (κ3) is 6.33. The monoisotopic (exact) mass is 380 g/mol. The minimum atomic E-state index is -4.02. The largest absolute Gasteiger partial charge is 0.399 e. The van der Waals surface area contributed by atoms with E-state index in [1.54, 1.807) is 19.2 Å². The predicted octanol–water partition coefficient (Wildman–Crippen LogP) is 3.64. The van der Waals surface area contributed by atoms with Crippen LogP contribution in [0.2, 0.25) is 0 Å². The Hall–Kier alpha value is -2.09. The van der Waals surface area contributed by atoms with Gasteiger partial charge in [0.2, 0.25) is 0 Å². The summed E-state index contributed by atoms with van der Waals surface area (Å²) in [5.74, 6) is 0. The lowest BCUT2D eigenvalue weighted by Crippen LogP contribution is -2.34. The molecule has 144 valence electrons. The summed E-state index contributed by atoms with van der Waals surface area (Å²) in [4.78, 5) is 2.12. The number of nitrogens with zero attached hydrogens (tertiary/aromatic N) is 1. The third-order valence-corrected chi connectivity index (χ3v) is 4.89. The lowest BCUT2D eigenvalue weighted by atomic mass is 10.1. The Morgan fingerprint density at radius 3 is 2.15 bits per heavy atom. The third-order valence-electron chi connectivity index (χ3n) is 4.02. The molecular weight excluding hydrogens is 352 g/mol. The normalized spacial score (nSPS) is 12.1. The number of nitrogens with two attached hydrogens (primary N) is 1. The fourth-order valence-electron chi connectivity index (χ4n) is 2.33. The Morgan fingerprint density at radius 1 is 1.15 bits per heavy atom. The number of methoxy groups -OCH3 is 1. The Bertz CT molecular complexity index is 805. The van der Waals surface area contributed by atoms with Crippen LogP contribution in [0.15, 0.2) is 47.4 Å². The van der Waals surface area contributed by atoms with Crippen LogP contribution < -0.4 is 10.6 Å². The Morgan fingerprint density at radius 2 is 1.73 bits per heavy atom. The zero-order valence-electron chi connectivity index (χ0n) is 15.9. The maximum absolute atomic E-state index is 10.5. The highest BCUT2D eigenvalue weighted by atomic mass is 32.2. The van der Waals surface area contributed by atoms with Crippen molar-refractivity contribution >= 4 is 21.5 Å². The van der Waals surface area contributed by atoms with Crippen LogP contribution in [0.4, 0.5) is 11.4 Å². The van der Waals surface area contributed by atoms with Gasteiger partial charge in [0, 0.05) is 25.0 Å². The summed E-state index contributed by atoms with van der Waals surface area (Å²) in [5, 5.41) is 0. The van der Waals surface area contributed by atoms with Crippen molar-refractivity contribution in [2.75, 3.05) is 24.3 Å². The minimum absolute atomic E-state index is 0.0666. The summed E-state index contributed by atoms with van der Waals surface area (Å²) in [5.41, 5.74) is 9.84. The van der Waals surface area contributed by atoms with Crippen molar-refractivity contribution in [3.8, 4) is 0 Å². The van der Waals surface area contributed by atoms with E-state index >= 15 is 0 Å². The molecule has 0 spiro atoms. The van der Waals surface area contributed by atoms with Crippen LogP contribution in [0, 0.1) is 13.8 Å². The second-order valence-corrected chi connectivity index (χ2v) is 7.37. The molecule has 0 aromatic heterocycles. The lowest BCUT2D eigenvalue weighted by Gasteiger charge is -2.29. The lowest BCUT2D eigenvalue weighted by molar-refractivity contribution is 0.115. The first-order chi connectivity index (χ1) is 12.1. The zero-order chi connectivity index (χ0) is 19.9. The van der Waals surface area contributed by atoms with Gasteiger partial charge >= 0.3 is 0 Å². The van der Waals surface area contributed by atoms with Gasteiger partial charge in [-0.15, -0.1) is 0 Å². The molecule has 2 aromatic carbocycles. The molecule has 0 radical (unpaired) electrons. The van der Waals surface area contributed by atoms with Crippen LogP contribution in [-0.2, 0) is 14.9 Å². The summed E-state index contributed by atoms with van der Waals surface area (Å²) in [6.07, 6.45) is 0.0815. The number of rotatable bonds is 5. The molecule has 7 heteroatoms. The van der Waals surface area contributed by atoms with Crippen molar-refractivity contribution in [3.63, 3.8) is 0 Å². The van der Waals surface area contributed by atoms with E-state index in [0.29, 0.717) is 0 Å². The highest BCUT2D eigenvalue weighted by Gasteiger charge is 2.12. The zero-order valence-corrected chi connectivity index (χ0v) is 16.7. The quantitative estimate of drug-likeness (QED) is 0.467. The van der Waals surface area contributed by atoms with E-state index in [1.165, 1.54) is 12.1 Å². The van der Waals surface area contributed by atoms with Crippen molar-refractivity contribution < 1.29 is 17.7 Å². The van der Waals surface area contributed by atoms with Gasteiger partial charge in [0.15, 0.2) is 0 Å². The molecule has 26 heavy (non-hydrogen) atoms. The number of anilines is 2. The van der Waals surface area contributed by atoms with Gasteiger partial charge in [-0.05, 0) is 63.6 Å². The molecule has 1 atom stereocenters. The Balaban J connectivity index is 0.000000273. The van der Waals surface area contributed by atoms with E-state index in [1.807, 2.05) is 32.9 Å². The van der Waals surface area contributed by atoms with Crippen molar-refractivity contribution in [2.24, 2.45) is 0 Å². The van der Waals surface area contributed by atoms with E-state index < -0.39 is 10.1 Å². The number of aryl methyl sites for hydroxylation is 2. The summed E-state index contributed by atoms with van der Waals surface area (Å²) < 4.78 is 34.9. The number of ether oxygens (including phenoxy) is 1. The van der Waals surface area contributed by atoms with Gasteiger partial charge in [0.1, 0.15) is 6.23 Å². The first-order valence-electron chi connectivity index (χ1n) is 8.29. The van der Waals surface area contributed by atoms with Gasteiger partial charge in [-0.25, -0.2) is 0 Å². The van der Waals surface area contributed by atoms with Crippen LogP contribution in [0.3, 0.4) is 0 Å². The molecule has 6 nitrogen and oxygen atoms in total. The van der Waals surface area contributed by atoms with Crippen LogP contribution in [0.5, 0.6) is 0 Å². The summed E-state index contributed by atoms with van der Waals surface area (Å²) in [7, 11) is -2.30. The average Bonchev–Trinajstić information content (AvgIpc) is 2.58. The van der Waals surface area contributed by atoms with E-state index in [0.717, 1.165) is 29.0 Å². The molecule has 0 aliphatic rings. The van der Waals surface area contributed by atoms with Crippen molar-refractivity contribution in [1.29, 1.82) is 0 Å². The molecule has 2 rings (SSSR count). The SMILES string of the molecule is CCN(c1ccc(N)c(C)c1)C(C)OC.Cc1ccc(S(=O)(=O)O)cc1. The van der Waals surface area contributed by atoms with Crippen molar-refractivity contribution in [3.05, 3.63) is 53.6 Å². The van der Waals surface area contributed by atoms with E-state index in [4.69, 9.17) is 15.0 Å². The molecule has 3 N–H and O–H groups in total. The van der Waals surface area contributed by atoms with Crippen LogP contribution in [-0.4, -0.2) is 32.9 Å². The Labute approximate surface area is 156 Å². The maximum atomic E-state index is 10.5. The standard InChI is InChI=1S/C12H20N2O.C7H8O3S/c1-5-14(10(3)15-4)11-6-7-12(13)9(2)8-11;1-6-2-4-7(5-3-6)11(8,9)10/h6-8,10H,5,13H2,1-4H3;2-5H,1H3,(H,8,9,10). The average molecular weight is 381 g/mol. The summed E-state index contributed by atoms with van der Waals surface area (Å²) >= 11 is 0. The minimum Gasteiger partial charge on any atom is -0.399 e. The van der Waals surface area contributed by atoms with Gasteiger partial charge in [-0.2, -0.15) is 8.42 Å². The van der Waals surface area contributed by atoms with Gasteiger partial charge in [0.05, 0.1) is 4.90 Å². The topological polar surface area (TPSA) is 92.9 Å². The summed E-state index contributed by atoms with van der Waals surface area (Å²) in [6, 6.07) is 12.0. The van der Waals surface area contributed by atoms with Gasteiger partial charge in [-0.1, -0.05) is 17.7 Å². The van der Waals surface area contributed by atoms with Crippen molar-refractivity contribution in [2.45, 2.75) is 38.8 Å². The van der Waals surface area contributed by atoms with Gasteiger partial charge < -0.3 is 15.4 Å². The molecule has 2 aromatic rings. The molecule has 0 saturated carbocycles. The van der Waals surface area contributed by atoms with Crippen LogP contribution >= 0.6 is 0 Å².